The SMILES string of the molecule is Cn1nnnc1SCC1=C(C(=O)O)N2C(=O)C[C@H]2SC1. The minimum Gasteiger partial charge on any atom is -0.477 e. The van der Waals surface area contributed by atoms with Gasteiger partial charge in [0.2, 0.25) is 11.1 Å². The summed E-state index contributed by atoms with van der Waals surface area (Å²) in [5, 5.41) is 21.0. The summed E-state index contributed by atoms with van der Waals surface area (Å²) >= 11 is 2.96. The molecule has 2 aliphatic rings. The molecule has 1 aromatic heterocycles. The summed E-state index contributed by atoms with van der Waals surface area (Å²) in [6, 6.07) is 0. The molecule has 3 rings (SSSR count). The molecule has 0 unspecified atom stereocenters. The van der Waals surface area contributed by atoms with Crippen LogP contribution >= 0.6 is 23.5 Å². The molecule has 106 valence electrons. The average molecular weight is 313 g/mol. The summed E-state index contributed by atoms with van der Waals surface area (Å²) in [5.41, 5.74) is 0.868. The number of rotatable bonds is 4. The molecule has 0 bridgehead atoms. The topological polar surface area (TPSA) is 101 Å². The summed E-state index contributed by atoms with van der Waals surface area (Å²) < 4.78 is 1.53. The number of carbonyl (C=O) groups is 2. The van der Waals surface area contributed by atoms with Crippen LogP contribution in [0, 0.1) is 0 Å². The Morgan fingerprint density at radius 3 is 3.00 bits per heavy atom. The second kappa shape index (κ2) is 5.09. The van der Waals surface area contributed by atoms with Crippen molar-refractivity contribution in [3.05, 3.63) is 11.3 Å². The van der Waals surface area contributed by atoms with Crippen molar-refractivity contribution in [2.45, 2.75) is 17.0 Å². The van der Waals surface area contributed by atoms with Crippen LogP contribution in [0.15, 0.2) is 16.4 Å². The van der Waals surface area contributed by atoms with E-state index in [4.69, 9.17) is 0 Å². The number of carbonyl (C=O) groups excluding carboxylic acids is 1. The fourth-order valence-corrected chi connectivity index (χ4v) is 4.34. The van der Waals surface area contributed by atoms with Crippen LogP contribution in [-0.4, -0.2) is 59.0 Å². The molecule has 0 spiro atoms. The first kappa shape index (κ1) is 13.4. The first-order valence-electron chi connectivity index (χ1n) is 5.82. The molecule has 1 aromatic rings. The van der Waals surface area contributed by atoms with E-state index in [-0.39, 0.29) is 17.0 Å². The van der Waals surface area contributed by atoms with Gasteiger partial charge >= 0.3 is 5.97 Å². The Balaban J connectivity index is 1.82. The highest BCUT2D eigenvalue weighted by molar-refractivity contribution is 8.00. The Morgan fingerprint density at radius 2 is 2.40 bits per heavy atom. The number of hydrogen-bond acceptors (Lipinski definition) is 7. The molecule has 0 saturated carbocycles. The predicted octanol–water partition coefficient (Wildman–Crippen LogP) is -0.0539. The number of thioether (sulfide) groups is 2. The van der Waals surface area contributed by atoms with E-state index >= 15 is 0 Å². The van der Waals surface area contributed by atoms with Gasteiger partial charge in [0.25, 0.3) is 0 Å². The van der Waals surface area contributed by atoms with Gasteiger partial charge in [-0.1, -0.05) is 11.8 Å². The second-order valence-electron chi connectivity index (χ2n) is 4.36. The zero-order valence-electron chi connectivity index (χ0n) is 10.5. The Labute approximate surface area is 122 Å². The molecule has 1 atom stereocenters. The number of aryl methyl sites for hydroxylation is 1. The van der Waals surface area contributed by atoms with Crippen LogP contribution < -0.4 is 0 Å². The third kappa shape index (κ3) is 2.18. The van der Waals surface area contributed by atoms with Gasteiger partial charge in [-0.15, -0.1) is 16.9 Å². The highest BCUT2D eigenvalue weighted by Gasteiger charge is 2.45. The van der Waals surface area contributed by atoms with Crippen LogP contribution in [0.3, 0.4) is 0 Å². The Hall–Kier alpha value is -1.55. The fraction of sp³-hybridized carbons (Fsp3) is 0.500. The molecule has 1 amide bonds. The van der Waals surface area contributed by atoms with Crippen LogP contribution in [0.5, 0.6) is 0 Å². The largest absolute Gasteiger partial charge is 0.477 e. The van der Waals surface area contributed by atoms with E-state index in [1.807, 2.05) is 0 Å². The molecule has 0 radical (unpaired) electrons. The molecule has 2 aliphatic heterocycles. The van der Waals surface area contributed by atoms with Gasteiger partial charge in [0.1, 0.15) is 5.70 Å². The minimum absolute atomic E-state index is 0.0150. The zero-order valence-corrected chi connectivity index (χ0v) is 12.1. The third-order valence-corrected chi connectivity index (χ3v) is 5.47. The van der Waals surface area contributed by atoms with Gasteiger partial charge < -0.3 is 5.11 Å². The maximum absolute atomic E-state index is 11.6. The van der Waals surface area contributed by atoms with E-state index in [1.165, 1.54) is 21.3 Å². The highest BCUT2D eigenvalue weighted by atomic mass is 32.2. The monoisotopic (exact) mass is 313 g/mol. The highest BCUT2D eigenvalue weighted by Crippen LogP contribution is 2.40. The lowest BCUT2D eigenvalue weighted by Gasteiger charge is -2.43. The number of carboxylic acids is 1. The van der Waals surface area contributed by atoms with Gasteiger partial charge in [-0.3, -0.25) is 9.69 Å². The van der Waals surface area contributed by atoms with Crippen LogP contribution in [0.2, 0.25) is 0 Å². The first-order chi connectivity index (χ1) is 9.58. The van der Waals surface area contributed by atoms with E-state index in [2.05, 4.69) is 15.5 Å². The van der Waals surface area contributed by atoms with E-state index in [0.717, 1.165) is 5.57 Å². The van der Waals surface area contributed by atoms with Gasteiger partial charge in [-0.05, 0) is 16.0 Å². The average Bonchev–Trinajstić information content (AvgIpc) is 2.80. The Kier molecular flexibility index (Phi) is 3.42. The lowest BCUT2D eigenvalue weighted by molar-refractivity contribution is -0.146. The van der Waals surface area contributed by atoms with Crippen molar-refractivity contribution in [3.8, 4) is 0 Å². The number of nitrogens with zero attached hydrogens (tertiary/aromatic N) is 5. The number of aliphatic carboxylic acids is 1. The lowest BCUT2D eigenvalue weighted by atomic mass is 10.1. The van der Waals surface area contributed by atoms with Crippen molar-refractivity contribution >= 4 is 35.4 Å². The Bertz CT molecular complexity index is 614. The molecular formula is C10H11N5O3S2. The molecule has 20 heavy (non-hydrogen) atoms. The third-order valence-electron chi connectivity index (χ3n) is 3.09. The molecule has 8 nitrogen and oxygen atoms in total. The number of hydrogen-bond donors (Lipinski definition) is 1. The number of tetrazole rings is 1. The van der Waals surface area contributed by atoms with Gasteiger partial charge in [0, 0.05) is 18.6 Å². The van der Waals surface area contributed by atoms with Crippen molar-refractivity contribution in [2.24, 2.45) is 7.05 Å². The summed E-state index contributed by atoms with van der Waals surface area (Å²) in [6.07, 6.45) is 0.426. The van der Waals surface area contributed by atoms with E-state index in [9.17, 15) is 14.7 Å². The van der Waals surface area contributed by atoms with Crippen molar-refractivity contribution in [3.63, 3.8) is 0 Å². The number of aromatic nitrogens is 4. The quantitative estimate of drug-likeness (QED) is 0.610. The van der Waals surface area contributed by atoms with E-state index in [0.29, 0.717) is 23.1 Å². The molecule has 1 fully saturated rings. The normalized spacial score (nSPS) is 21.8. The number of carboxylic acid groups (broad SMARTS) is 1. The van der Waals surface area contributed by atoms with Crippen molar-refractivity contribution in [2.75, 3.05) is 11.5 Å². The van der Waals surface area contributed by atoms with Gasteiger partial charge in [0.05, 0.1) is 11.8 Å². The predicted molar refractivity (Wildman–Crippen MR) is 71.9 cm³/mol. The van der Waals surface area contributed by atoms with E-state index in [1.54, 1.807) is 18.8 Å². The zero-order chi connectivity index (χ0) is 14.3. The van der Waals surface area contributed by atoms with Crippen molar-refractivity contribution < 1.29 is 14.7 Å². The number of β-lactam (4-membered cyclic amide) rings is 1. The van der Waals surface area contributed by atoms with Crippen LogP contribution in [0.4, 0.5) is 0 Å². The van der Waals surface area contributed by atoms with Crippen molar-refractivity contribution in [1.82, 2.24) is 25.1 Å². The number of amides is 1. The summed E-state index contributed by atoms with van der Waals surface area (Å²) in [6.45, 7) is 0. The molecular weight excluding hydrogens is 302 g/mol. The number of fused-ring (bicyclic) bond motifs is 1. The molecule has 3 heterocycles. The van der Waals surface area contributed by atoms with Crippen LogP contribution in [0.25, 0.3) is 0 Å². The smallest absolute Gasteiger partial charge is 0.352 e. The maximum Gasteiger partial charge on any atom is 0.352 e. The summed E-state index contributed by atoms with van der Waals surface area (Å²) in [4.78, 5) is 24.4. The summed E-state index contributed by atoms with van der Waals surface area (Å²) in [5.74, 6) is -0.0919. The molecule has 10 heteroatoms. The summed E-state index contributed by atoms with van der Waals surface area (Å²) in [7, 11) is 1.72. The van der Waals surface area contributed by atoms with Crippen LogP contribution in [0.1, 0.15) is 6.42 Å². The molecule has 1 saturated heterocycles. The van der Waals surface area contributed by atoms with Crippen LogP contribution in [-0.2, 0) is 16.6 Å². The molecule has 0 aromatic carbocycles. The lowest BCUT2D eigenvalue weighted by Crippen LogP contribution is -2.54. The van der Waals surface area contributed by atoms with E-state index < -0.39 is 5.97 Å². The van der Waals surface area contributed by atoms with Gasteiger partial charge in [-0.25, -0.2) is 9.48 Å². The van der Waals surface area contributed by atoms with Gasteiger partial charge in [0.15, 0.2) is 0 Å². The van der Waals surface area contributed by atoms with Crippen molar-refractivity contribution in [1.29, 1.82) is 0 Å². The first-order valence-corrected chi connectivity index (χ1v) is 7.85. The fourth-order valence-electron chi connectivity index (χ4n) is 2.08. The second-order valence-corrected chi connectivity index (χ2v) is 6.47. The molecule has 1 N–H and O–H groups in total. The van der Waals surface area contributed by atoms with Gasteiger partial charge in [-0.2, -0.15) is 0 Å². The Morgan fingerprint density at radius 1 is 1.60 bits per heavy atom. The maximum atomic E-state index is 11.6. The molecule has 0 aliphatic carbocycles. The standard InChI is InChI=1S/C10H11N5O3S2/c1-14-10(11-12-13-14)20-4-5-3-19-7-2-6(16)15(7)8(5)9(17)18/h7H,2-4H2,1H3,(H,17,18)/t7-/m1/s1. The minimum atomic E-state index is -1.05.